The molecule has 0 aliphatic heterocycles. The third-order valence-electron chi connectivity index (χ3n) is 3.49. The van der Waals surface area contributed by atoms with Crippen molar-refractivity contribution in [1.82, 2.24) is 15.5 Å². The fourth-order valence-electron chi connectivity index (χ4n) is 2.11. The smallest absolute Gasteiger partial charge is 0.326 e. The highest BCUT2D eigenvalue weighted by Crippen LogP contribution is 2.03. The number of carboxylic acid groups (broad SMARTS) is 1. The lowest BCUT2D eigenvalue weighted by Crippen LogP contribution is -2.45. The molecule has 24 heavy (non-hydrogen) atoms. The van der Waals surface area contributed by atoms with E-state index >= 15 is 0 Å². The van der Waals surface area contributed by atoms with Crippen molar-refractivity contribution in [1.29, 1.82) is 0 Å². The van der Waals surface area contributed by atoms with Gasteiger partial charge in [0.1, 0.15) is 6.04 Å². The summed E-state index contributed by atoms with van der Waals surface area (Å²) < 4.78 is 0. The first-order valence-electron chi connectivity index (χ1n) is 7.86. The number of amides is 3. The molecular formula is C17H25N3O4. The van der Waals surface area contributed by atoms with Gasteiger partial charge in [0.15, 0.2) is 0 Å². The SMILES string of the molecule is CC(C)[C@@H](NC(=O)CCNC(=O)N(C)Cc1ccccc1)C(=O)O. The quantitative estimate of drug-likeness (QED) is 0.669. The third kappa shape index (κ3) is 6.68. The number of carbonyl (C=O) groups excluding carboxylic acids is 2. The summed E-state index contributed by atoms with van der Waals surface area (Å²) in [5, 5.41) is 14.1. The first-order valence-corrected chi connectivity index (χ1v) is 7.86. The van der Waals surface area contributed by atoms with Gasteiger partial charge in [0, 0.05) is 26.6 Å². The van der Waals surface area contributed by atoms with Gasteiger partial charge in [-0.2, -0.15) is 0 Å². The molecule has 7 heteroatoms. The zero-order valence-electron chi connectivity index (χ0n) is 14.3. The maximum atomic E-state index is 12.0. The summed E-state index contributed by atoms with van der Waals surface area (Å²) in [6.45, 7) is 4.06. The number of urea groups is 1. The summed E-state index contributed by atoms with van der Waals surface area (Å²) in [7, 11) is 1.67. The predicted octanol–water partition coefficient (Wildman–Crippen LogP) is 1.44. The van der Waals surface area contributed by atoms with Crippen LogP contribution in [0.15, 0.2) is 30.3 Å². The highest BCUT2D eigenvalue weighted by Gasteiger charge is 2.23. The van der Waals surface area contributed by atoms with Crippen molar-refractivity contribution in [2.24, 2.45) is 5.92 Å². The Kier molecular flexibility index (Phi) is 7.74. The molecule has 0 heterocycles. The van der Waals surface area contributed by atoms with Crippen molar-refractivity contribution in [3.8, 4) is 0 Å². The maximum absolute atomic E-state index is 12.0. The van der Waals surface area contributed by atoms with Gasteiger partial charge in [0.05, 0.1) is 0 Å². The zero-order valence-corrected chi connectivity index (χ0v) is 14.3. The number of hydrogen-bond donors (Lipinski definition) is 3. The number of nitrogens with one attached hydrogen (secondary N) is 2. The highest BCUT2D eigenvalue weighted by atomic mass is 16.4. The second kappa shape index (κ2) is 9.54. The second-order valence-electron chi connectivity index (χ2n) is 5.95. The van der Waals surface area contributed by atoms with Gasteiger partial charge in [-0.15, -0.1) is 0 Å². The zero-order chi connectivity index (χ0) is 18.1. The summed E-state index contributed by atoms with van der Waals surface area (Å²) in [5.41, 5.74) is 1.01. The van der Waals surface area contributed by atoms with Gasteiger partial charge in [0.2, 0.25) is 5.91 Å². The van der Waals surface area contributed by atoms with Gasteiger partial charge in [0.25, 0.3) is 0 Å². The molecular weight excluding hydrogens is 310 g/mol. The van der Waals surface area contributed by atoms with E-state index in [4.69, 9.17) is 5.11 Å². The van der Waals surface area contributed by atoms with Crippen molar-refractivity contribution in [3.63, 3.8) is 0 Å². The van der Waals surface area contributed by atoms with E-state index in [-0.39, 0.29) is 24.9 Å². The van der Waals surface area contributed by atoms with Crippen molar-refractivity contribution >= 4 is 17.9 Å². The van der Waals surface area contributed by atoms with E-state index in [1.807, 2.05) is 30.3 Å². The normalized spacial score (nSPS) is 11.7. The maximum Gasteiger partial charge on any atom is 0.326 e. The van der Waals surface area contributed by atoms with Crippen molar-refractivity contribution in [2.45, 2.75) is 32.9 Å². The molecule has 0 aliphatic carbocycles. The van der Waals surface area contributed by atoms with Gasteiger partial charge in [-0.3, -0.25) is 4.79 Å². The van der Waals surface area contributed by atoms with Gasteiger partial charge in [-0.05, 0) is 11.5 Å². The Morgan fingerprint density at radius 3 is 2.33 bits per heavy atom. The standard InChI is InChI=1S/C17H25N3O4/c1-12(2)15(16(22)23)19-14(21)9-10-18-17(24)20(3)11-13-7-5-4-6-8-13/h4-8,12,15H,9-11H2,1-3H3,(H,18,24)(H,19,21)(H,22,23)/t15-/m1/s1. The molecule has 1 atom stereocenters. The summed E-state index contributed by atoms with van der Waals surface area (Å²) in [5.74, 6) is -1.68. The van der Waals surface area contributed by atoms with E-state index in [2.05, 4.69) is 10.6 Å². The first-order chi connectivity index (χ1) is 11.3. The number of benzene rings is 1. The minimum atomic E-state index is -1.06. The van der Waals surface area contributed by atoms with Gasteiger partial charge in [-0.1, -0.05) is 44.2 Å². The molecule has 1 aromatic rings. The topological polar surface area (TPSA) is 98.7 Å². The number of nitrogens with zero attached hydrogens (tertiary/aromatic N) is 1. The first kappa shape index (κ1) is 19.5. The Morgan fingerprint density at radius 1 is 1.17 bits per heavy atom. The van der Waals surface area contributed by atoms with Crippen LogP contribution in [-0.2, 0) is 16.1 Å². The molecule has 0 aromatic heterocycles. The van der Waals surface area contributed by atoms with Crippen LogP contribution in [0.1, 0.15) is 25.8 Å². The largest absolute Gasteiger partial charge is 0.480 e. The molecule has 0 radical (unpaired) electrons. The fraction of sp³-hybridized carbons (Fsp3) is 0.471. The monoisotopic (exact) mass is 335 g/mol. The molecule has 0 aliphatic rings. The Morgan fingerprint density at radius 2 is 1.79 bits per heavy atom. The second-order valence-corrected chi connectivity index (χ2v) is 5.95. The summed E-state index contributed by atoms with van der Waals surface area (Å²) in [6.07, 6.45) is 0.0292. The number of carbonyl (C=O) groups is 3. The summed E-state index contributed by atoms with van der Waals surface area (Å²) >= 11 is 0. The molecule has 1 aromatic carbocycles. The highest BCUT2D eigenvalue weighted by molar-refractivity contribution is 5.84. The molecule has 0 spiro atoms. The van der Waals surface area contributed by atoms with Crippen LogP contribution in [0.25, 0.3) is 0 Å². The lowest BCUT2D eigenvalue weighted by atomic mass is 10.0. The van der Waals surface area contributed by atoms with Crippen LogP contribution < -0.4 is 10.6 Å². The van der Waals surface area contributed by atoms with E-state index < -0.39 is 17.9 Å². The predicted molar refractivity (Wildman–Crippen MR) is 90.3 cm³/mol. The molecule has 1 rings (SSSR count). The molecule has 0 fully saturated rings. The average Bonchev–Trinajstić information content (AvgIpc) is 2.52. The van der Waals surface area contributed by atoms with Crippen LogP contribution >= 0.6 is 0 Å². The average molecular weight is 335 g/mol. The minimum Gasteiger partial charge on any atom is -0.480 e. The molecule has 132 valence electrons. The van der Waals surface area contributed by atoms with Crippen LogP contribution in [0.3, 0.4) is 0 Å². The van der Waals surface area contributed by atoms with Crippen molar-refractivity contribution in [3.05, 3.63) is 35.9 Å². The summed E-state index contributed by atoms with van der Waals surface area (Å²) in [6, 6.07) is 8.35. The van der Waals surface area contributed by atoms with Crippen LogP contribution in [0.4, 0.5) is 4.79 Å². The van der Waals surface area contributed by atoms with E-state index in [1.54, 1.807) is 20.9 Å². The van der Waals surface area contributed by atoms with E-state index in [1.165, 1.54) is 4.90 Å². The molecule has 0 saturated carbocycles. The van der Waals surface area contributed by atoms with Crippen molar-refractivity contribution < 1.29 is 19.5 Å². The number of rotatable bonds is 8. The Bertz CT molecular complexity index is 560. The third-order valence-corrected chi connectivity index (χ3v) is 3.49. The van der Waals surface area contributed by atoms with Gasteiger partial charge < -0.3 is 20.6 Å². The van der Waals surface area contributed by atoms with Crippen LogP contribution in [-0.4, -0.2) is 47.5 Å². The number of aliphatic carboxylic acids is 1. The van der Waals surface area contributed by atoms with Crippen LogP contribution in [0.5, 0.6) is 0 Å². The van der Waals surface area contributed by atoms with E-state index in [0.717, 1.165) is 5.56 Å². The van der Waals surface area contributed by atoms with Crippen LogP contribution in [0.2, 0.25) is 0 Å². The van der Waals surface area contributed by atoms with Gasteiger partial charge >= 0.3 is 12.0 Å². The van der Waals surface area contributed by atoms with Crippen molar-refractivity contribution in [2.75, 3.05) is 13.6 Å². The number of carboxylic acids is 1. The Balaban J connectivity index is 2.34. The Labute approximate surface area is 142 Å². The molecule has 0 bridgehead atoms. The molecule has 3 N–H and O–H groups in total. The molecule has 3 amide bonds. The van der Waals surface area contributed by atoms with E-state index in [9.17, 15) is 14.4 Å². The number of hydrogen-bond acceptors (Lipinski definition) is 3. The Hall–Kier alpha value is -2.57. The minimum absolute atomic E-state index is 0.0292. The molecule has 0 saturated heterocycles. The lowest BCUT2D eigenvalue weighted by Gasteiger charge is -2.19. The lowest BCUT2D eigenvalue weighted by molar-refractivity contribution is -0.143. The van der Waals surface area contributed by atoms with Crippen LogP contribution in [0, 0.1) is 5.92 Å². The fourth-order valence-corrected chi connectivity index (χ4v) is 2.11. The summed E-state index contributed by atoms with van der Waals surface area (Å²) in [4.78, 5) is 36.3. The van der Waals surface area contributed by atoms with Gasteiger partial charge in [-0.25, -0.2) is 9.59 Å². The molecule has 0 unspecified atom stereocenters. The van der Waals surface area contributed by atoms with E-state index in [0.29, 0.717) is 6.54 Å². The molecule has 7 nitrogen and oxygen atoms in total.